The Morgan fingerprint density at radius 3 is 2.59 bits per heavy atom. The van der Waals surface area contributed by atoms with Gasteiger partial charge >= 0.3 is 0 Å². The molecule has 0 aromatic heterocycles. The van der Waals surface area contributed by atoms with E-state index in [2.05, 4.69) is 4.90 Å². The Morgan fingerprint density at radius 1 is 0.882 bits per heavy atom. The van der Waals surface area contributed by atoms with E-state index in [9.17, 15) is 0 Å². The highest BCUT2D eigenvalue weighted by Crippen LogP contribution is 2.39. The number of likely N-dealkylation sites (tertiary alicyclic amines) is 1. The van der Waals surface area contributed by atoms with Gasteiger partial charge < -0.3 is 5.73 Å². The smallest absolute Gasteiger partial charge is 0.0124 e. The second-order valence-corrected chi connectivity index (χ2v) is 6.58. The molecule has 0 aromatic carbocycles. The summed E-state index contributed by atoms with van der Waals surface area (Å²) < 4.78 is 0. The van der Waals surface area contributed by atoms with E-state index in [-0.39, 0.29) is 0 Å². The SMILES string of the molecule is NCC1CCCC1CN1CCC2CCCCC21. The zero-order chi connectivity index (χ0) is 11.7. The minimum atomic E-state index is 0.831. The van der Waals surface area contributed by atoms with Gasteiger partial charge in [-0.1, -0.05) is 19.3 Å². The number of fused-ring (bicyclic) bond motifs is 1. The number of nitrogens with zero attached hydrogens (tertiary/aromatic N) is 1. The monoisotopic (exact) mass is 236 g/mol. The van der Waals surface area contributed by atoms with E-state index in [1.165, 1.54) is 64.5 Å². The van der Waals surface area contributed by atoms with Crippen LogP contribution in [0.2, 0.25) is 0 Å². The van der Waals surface area contributed by atoms with E-state index < -0.39 is 0 Å². The maximum Gasteiger partial charge on any atom is 0.0124 e. The van der Waals surface area contributed by atoms with Gasteiger partial charge in [-0.25, -0.2) is 0 Å². The molecule has 3 fully saturated rings. The number of hydrogen-bond donors (Lipinski definition) is 1. The van der Waals surface area contributed by atoms with Crippen molar-refractivity contribution in [2.45, 2.75) is 57.4 Å². The van der Waals surface area contributed by atoms with Gasteiger partial charge in [-0.15, -0.1) is 0 Å². The van der Waals surface area contributed by atoms with E-state index in [4.69, 9.17) is 5.73 Å². The second-order valence-electron chi connectivity index (χ2n) is 6.58. The van der Waals surface area contributed by atoms with Gasteiger partial charge in [0.15, 0.2) is 0 Å². The third kappa shape index (κ3) is 2.39. The molecule has 0 aromatic rings. The molecular formula is C15H28N2. The first-order chi connectivity index (χ1) is 8.38. The summed E-state index contributed by atoms with van der Waals surface area (Å²) in [6.45, 7) is 3.67. The zero-order valence-corrected chi connectivity index (χ0v) is 11.1. The Labute approximate surface area is 106 Å². The van der Waals surface area contributed by atoms with Crippen LogP contribution < -0.4 is 5.73 Å². The fourth-order valence-corrected chi connectivity index (χ4v) is 4.70. The summed E-state index contributed by atoms with van der Waals surface area (Å²) in [4.78, 5) is 2.84. The predicted molar refractivity (Wildman–Crippen MR) is 71.8 cm³/mol. The molecule has 1 saturated heterocycles. The molecule has 98 valence electrons. The van der Waals surface area contributed by atoms with Crippen LogP contribution in [-0.4, -0.2) is 30.6 Å². The van der Waals surface area contributed by atoms with Crippen molar-refractivity contribution in [2.75, 3.05) is 19.6 Å². The van der Waals surface area contributed by atoms with Crippen molar-refractivity contribution in [2.24, 2.45) is 23.5 Å². The lowest BCUT2D eigenvalue weighted by Gasteiger charge is -2.34. The first-order valence-electron chi connectivity index (χ1n) is 7.82. The first kappa shape index (κ1) is 12.0. The van der Waals surface area contributed by atoms with Crippen LogP contribution in [0.5, 0.6) is 0 Å². The van der Waals surface area contributed by atoms with Crippen LogP contribution in [0, 0.1) is 17.8 Å². The maximum atomic E-state index is 5.91. The third-order valence-corrected chi connectivity index (χ3v) is 5.71. The molecule has 4 atom stereocenters. The molecule has 3 aliphatic rings. The van der Waals surface area contributed by atoms with Crippen molar-refractivity contribution in [1.82, 2.24) is 4.90 Å². The largest absolute Gasteiger partial charge is 0.330 e. The van der Waals surface area contributed by atoms with Crippen LogP contribution in [-0.2, 0) is 0 Å². The van der Waals surface area contributed by atoms with Crippen LogP contribution in [0.4, 0.5) is 0 Å². The van der Waals surface area contributed by atoms with Gasteiger partial charge in [0.05, 0.1) is 0 Å². The summed E-state index contributed by atoms with van der Waals surface area (Å²) in [5.41, 5.74) is 5.91. The Balaban J connectivity index is 1.58. The fraction of sp³-hybridized carbons (Fsp3) is 1.00. The number of rotatable bonds is 3. The number of hydrogen-bond acceptors (Lipinski definition) is 2. The molecule has 0 amide bonds. The quantitative estimate of drug-likeness (QED) is 0.816. The molecule has 3 rings (SSSR count). The molecular weight excluding hydrogens is 208 g/mol. The van der Waals surface area contributed by atoms with Crippen molar-refractivity contribution >= 4 is 0 Å². The fourth-order valence-electron chi connectivity index (χ4n) is 4.70. The van der Waals surface area contributed by atoms with Crippen LogP contribution >= 0.6 is 0 Å². The molecule has 4 unspecified atom stereocenters. The van der Waals surface area contributed by atoms with E-state index in [1.807, 2.05) is 0 Å². The summed E-state index contributed by atoms with van der Waals surface area (Å²) >= 11 is 0. The lowest BCUT2D eigenvalue weighted by molar-refractivity contribution is 0.148. The van der Waals surface area contributed by atoms with Gasteiger partial charge in [-0.3, -0.25) is 4.90 Å². The van der Waals surface area contributed by atoms with Gasteiger partial charge in [-0.05, 0) is 62.9 Å². The normalized spacial score (nSPS) is 42.9. The van der Waals surface area contributed by atoms with E-state index in [0.29, 0.717) is 0 Å². The Hall–Kier alpha value is -0.0800. The highest BCUT2D eigenvalue weighted by molar-refractivity contribution is 4.92. The molecule has 1 heterocycles. The molecule has 17 heavy (non-hydrogen) atoms. The van der Waals surface area contributed by atoms with Gasteiger partial charge in [0.2, 0.25) is 0 Å². The van der Waals surface area contributed by atoms with Crippen LogP contribution in [0.3, 0.4) is 0 Å². The summed E-state index contributed by atoms with van der Waals surface area (Å²) in [6.07, 6.45) is 11.7. The molecule has 0 radical (unpaired) electrons. The Kier molecular flexibility index (Phi) is 3.72. The molecule has 2 heteroatoms. The summed E-state index contributed by atoms with van der Waals surface area (Å²) in [5, 5.41) is 0. The van der Waals surface area contributed by atoms with Gasteiger partial charge in [-0.2, -0.15) is 0 Å². The van der Waals surface area contributed by atoms with Crippen molar-refractivity contribution in [1.29, 1.82) is 0 Å². The van der Waals surface area contributed by atoms with Crippen LogP contribution in [0.1, 0.15) is 51.4 Å². The highest BCUT2D eigenvalue weighted by atomic mass is 15.2. The Bertz CT molecular complexity index is 253. The summed E-state index contributed by atoms with van der Waals surface area (Å²) in [7, 11) is 0. The lowest BCUT2D eigenvalue weighted by atomic mass is 9.85. The van der Waals surface area contributed by atoms with Gasteiger partial charge in [0, 0.05) is 12.6 Å². The lowest BCUT2D eigenvalue weighted by Crippen LogP contribution is -2.39. The molecule has 2 saturated carbocycles. The van der Waals surface area contributed by atoms with Crippen molar-refractivity contribution < 1.29 is 0 Å². The number of nitrogens with two attached hydrogens (primary N) is 1. The topological polar surface area (TPSA) is 29.3 Å². The third-order valence-electron chi connectivity index (χ3n) is 5.71. The molecule has 2 aliphatic carbocycles. The summed E-state index contributed by atoms with van der Waals surface area (Å²) in [6, 6.07) is 0.947. The van der Waals surface area contributed by atoms with E-state index in [1.54, 1.807) is 0 Å². The van der Waals surface area contributed by atoms with Crippen molar-refractivity contribution in [3.8, 4) is 0 Å². The standard InChI is InChI=1S/C15H28N2/c16-10-13-5-3-6-14(13)11-17-9-8-12-4-1-2-7-15(12)17/h12-15H,1-11,16H2. The molecule has 2 N–H and O–H groups in total. The van der Waals surface area contributed by atoms with Gasteiger partial charge in [0.25, 0.3) is 0 Å². The minimum Gasteiger partial charge on any atom is -0.330 e. The molecule has 1 aliphatic heterocycles. The Morgan fingerprint density at radius 2 is 1.71 bits per heavy atom. The molecule has 0 spiro atoms. The van der Waals surface area contributed by atoms with Gasteiger partial charge in [0.1, 0.15) is 0 Å². The van der Waals surface area contributed by atoms with E-state index in [0.717, 1.165) is 30.3 Å². The predicted octanol–water partition coefficient (Wildman–Crippen LogP) is 2.63. The highest BCUT2D eigenvalue weighted by Gasteiger charge is 2.38. The van der Waals surface area contributed by atoms with Crippen molar-refractivity contribution in [3.63, 3.8) is 0 Å². The maximum absolute atomic E-state index is 5.91. The first-order valence-corrected chi connectivity index (χ1v) is 7.82. The van der Waals surface area contributed by atoms with Crippen molar-refractivity contribution in [3.05, 3.63) is 0 Å². The van der Waals surface area contributed by atoms with Crippen LogP contribution in [0.25, 0.3) is 0 Å². The minimum absolute atomic E-state index is 0.831. The zero-order valence-electron chi connectivity index (χ0n) is 11.1. The molecule has 0 bridgehead atoms. The summed E-state index contributed by atoms with van der Waals surface area (Å²) in [5.74, 6) is 2.79. The van der Waals surface area contributed by atoms with Crippen LogP contribution in [0.15, 0.2) is 0 Å². The average Bonchev–Trinajstić information content (AvgIpc) is 2.97. The average molecular weight is 236 g/mol. The molecule has 2 nitrogen and oxygen atoms in total. The second kappa shape index (κ2) is 5.27. The van der Waals surface area contributed by atoms with E-state index >= 15 is 0 Å².